The van der Waals surface area contributed by atoms with Crippen LogP contribution in [0.4, 0.5) is 0 Å². The molecule has 0 aromatic heterocycles. The summed E-state index contributed by atoms with van der Waals surface area (Å²) >= 11 is 4.66. The standard InChI is InChI=1S/C10H22S/c1-5-6-7-10(4,11)8-9(2)3/h9,11H,5-8H2,1-4H3. The maximum Gasteiger partial charge on any atom is 0.0104 e. The first-order valence-corrected chi connectivity index (χ1v) is 5.15. The van der Waals surface area contributed by atoms with Gasteiger partial charge in [0.1, 0.15) is 0 Å². The molecule has 0 amide bonds. The molecule has 11 heavy (non-hydrogen) atoms. The molecule has 0 radical (unpaired) electrons. The molecule has 0 aliphatic heterocycles. The van der Waals surface area contributed by atoms with Crippen molar-refractivity contribution in [2.24, 2.45) is 5.92 Å². The van der Waals surface area contributed by atoms with Crippen molar-refractivity contribution in [3.05, 3.63) is 0 Å². The van der Waals surface area contributed by atoms with E-state index in [0.29, 0.717) is 0 Å². The lowest BCUT2D eigenvalue weighted by molar-refractivity contribution is 0.444. The van der Waals surface area contributed by atoms with E-state index in [1.807, 2.05) is 0 Å². The summed E-state index contributed by atoms with van der Waals surface area (Å²) in [6, 6.07) is 0. The van der Waals surface area contributed by atoms with E-state index < -0.39 is 0 Å². The molecule has 0 aromatic rings. The highest BCUT2D eigenvalue weighted by Gasteiger charge is 2.19. The fourth-order valence-electron chi connectivity index (χ4n) is 1.54. The van der Waals surface area contributed by atoms with Gasteiger partial charge in [-0.1, -0.05) is 40.5 Å². The second kappa shape index (κ2) is 5.08. The Bertz CT molecular complexity index is 95.0. The number of unbranched alkanes of at least 4 members (excludes halogenated alkanes) is 1. The maximum atomic E-state index is 4.66. The summed E-state index contributed by atoms with van der Waals surface area (Å²) in [5, 5.41) is 0. The summed E-state index contributed by atoms with van der Waals surface area (Å²) in [6.45, 7) is 9.02. The van der Waals surface area contributed by atoms with Crippen LogP contribution in [0.2, 0.25) is 0 Å². The van der Waals surface area contributed by atoms with E-state index in [9.17, 15) is 0 Å². The Hall–Kier alpha value is 0.350. The summed E-state index contributed by atoms with van der Waals surface area (Å²) in [7, 11) is 0. The molecule has 0 aliphatic carbocycles. The van der Waals surface area contributed by atoms with Crippen LogP contribution < -0.4 is 0 Å². The molecule has 68 valence electrons. The minimum absolute atomic E-state index is 0.268. The predicted molar refractivity (Wildman–Crippen MR) is 56.4 cm³/mol. The largest absolute Gasteiger partial charge is 0.173 e. The molecule has 1 unspecified atom stereocenters. The van der Waals surface area contributed by atoms with Crippen LogP contribution >= 0.6 is 12.6 Å². The molecular weight excluding hydrogens is 152 g/mol. The molecule has 0 bridgehead atoms. The highest BCUT2D eigenvalue weighted by Crippen LogP contribution is 2.28. The summed E-state index contributed by atoms with van der Waals surface area (Å²) in [6.07, 6.45) is 5.09. The zero-order valence-electron chi connectivity index (χ0n) is 8.35. The first kappa shape index (κ1) is 11.4. The normalized spacial score (nSPS) is 16.9. The second-order valence-corrected chi connectivity index (χ2v) is 5.28. The van der Waals surface area contributed by atoms with E-state index in [-0.39, 0.29) is 4.75 Å². The second-order valence-electron chi connectivity index (χ2n) is 4.20. The van der Waals surface area contributed by atoms with Gasteiger partial charge in [0.05, 0.1) is 0 Å². The van der Waals surface area contributed by atoms with Crippen molar-refractivity contribution in [2.75, 3.05) is 0 Å². The minimum Gasteiger partial charge on any atom is -0.173 e. The van der Waals surface area contributed by atoms with Crippen LogP contribution in [0.3, 0.4) is 0 Å². The Morgan fingerprint density at radius 2 is 1.91 bits per heavy atom. The van der Waals surface area contributed by atoms with Crippen molar-refractivity contribution in [1.82, 2.24) is 0 Å². The van der Waals surface area contributed by atoms with Gasteiger partial charge in [-0.05, 0) is 18.8 Å². The number of thiol groups is 1. The van der Waals surface area contributed by atoms with Crippen LogP contribution in [-0.2, 0) is 0 Å². The molecular formula is C10H22S. The minimum atomic E-state index is 0.268. The summed E-state index contributed by atoms with van der Waals surface area (Å²) < 4.78 is 0.268. The van der Waals surface area contributed by atoms with E-state index in [0.717, 1.165) is 5.92 Å². The van der Waals surface area contributed by atoms with Crippen molar-refractivity contribution in [3.63, 3.8) is 0 Å². The smallest absolute Gasteiger partial charge is 0.0104 e. The number of hydrogen-bond donors (Lipinski definition) is 1. The van der Waals surface area contributed by atoms with Crippen molar-refractivity contribution < 1.29 is 0 Å². The molecule has 0 rings (SSSR count). The molecule has 0 aliphatic rings. The molecule has 1 atom stereocenters. The lowest BCUT2D eigenvalue weighted by Gasteiger charge is -2.25. The van der Waals surface area contributed by atoms with Gasteiger partial charge in [0, 0.05) is 4.75 Å². The zero-order chi connectivity index (χ0) is 8.91. The lowest BCUT2D eigenvalue weighted by Crippen LogP contribution is -2.18. The summed E-state index contributed by atoms with van der Waals surface area (Å²) in [4.78, 5) is 0. The molecule has 0 fully saturated rings. The summed E-state index contributed by atoms with van der Waals surface area (Å²) in [5.41, 5.74) is 0. The maximum absolute atomic E-state index is 4.66. The van der Waals surface area contributed by atoms with E-state index in [1.165, 1.54) is 25.7 Å². The Kier molecular flexibility index (Phi) is 5.24. The van der Waals surface area contributed by atoms with E-state index in [4.69, 9.17) is 0 Å². The van der Waals surface area contributed by atoms with Gasteiger partial charge in [-0.3, -0.25) is 0 Å². The van der Waals surface area contributed by atoms with Crippen LogP contribution in [0.5, 0.6) is 0 Å². The Morgan fingerprint density at radius 1 is 1.36 bits per heavy atom. The first-order valence-electron chi connectivity index (χ1n) is 4.70. The van der Waals surface area contributed by atoms with Crippen LogP contribution in [-0.4, -0.2) is 4.75 Å². The Labute approximate surface area is 77.2 Å². The van der Waals surface area contributed by atoms with Crippen LogP contribution in [0, 0.1) is 5.92 Å². The van der Waals surface area contributed by atoms with Gasteiger partial charge >= 0.3 is 0 Å². The molecule has 1 heteroatoms. The van der Waals surface area contributed by atoms with E-state index in [1.54, 1.807) is 0 Å². The van der Waals surface area contributed by atoms with Gasteiger partial charge in [-0.15, -0.1) is 0 Å². The Morgan fingerprint density at radius 3 is 2.27 bits per heavy atom. The molecule has 0 nitrogen and oxygen atoms in total. The lowest BCUT2D eigenvalue weighted by atomic mass is 9.93. The third-order valence-corrected chi connectivity index (χ3v) is 2.32. The third-order valence-electron chi connectivity index (χ3n) is 1.92. The number of rotatable bonds is 5. The van der Waals surface area contributed by atoms with E-state index >= 15 is 0 Å². The molecule has 0 saturated carbocycles. The average Bonchev–Trinajstić information content (AvgIpc) is 1.81. The van der Waals surface area contributed by atoms with Gasteiger partial charge < -0.3 is 0 Å². The number of hydrogen-bond acceptors (Lipinski definition) is 1. The summed E-state index contributed by atoms with van der Waals surface area (Å²) in [5.74, 6) is 0.773. The highest BCUT2D eigenvalue weighted by atomic mass is 32.1. The zero-order valence-corrected chi connectivity index (χ0v) is 9.25. The Balaban J connectivity index is 3.61. The fourth-order valence-corrected chi connectivity index (χ4v) is 2.06. The topological polar surface area (TPSA) is 0 Å². The van der Waals surface area contributed by atoms with Gasteiger partial charge in [-0.2, -0.15) is 12.6 Å². The quantitative estimate of drug-likeness (QED) is 0.600. The van der Waals surface area contributed by atoms with Crippen LogP contribution in [0.15, 0.2) is 0 Å². The molecule has 0 saturated heterocycles. The van der Waals surface area contributed by atoms with Crippen molar-refractivity contribution >= 4 is 12.6 Å². The SMILES string of the molecule is CCCCC(C)(S)CC(C)C. The highest BCUT2D eigenvalue weighted by molar-refractivity contribution is 7.81. The molecule has 0 heterocycles. The first-order chi connectivity index (χ1) is 4.98. The third kappa shape index (κ3) is 6.74. The average molecular weight is 174 g/mol. The molecule has 0 spiro atoms. The van der Waals surface area contributed by atoms with Crippen molar-refractivity contribution in [2.45, 2.75) is 58.1 Å². The van der Waals surface area contributed by atoms with Gasteiger partial charge in [0.15, 0.2) is 0 Å². The van der Waals surface area contributed by atoms with Gasteiger partial charge in [0.25, 0.3) is 0 Å². The monoisotopic (exact) mass is 174 g/mol. The van der Waals surface area contributed by atoms with Crippen LogP contribution in [0.25, 0.3) is 0 Å². The van der Waals surface area contributed by atoms with Crippen molar-refractivity contribution in [3.8, 4) is 0 Å². The fraction of sp³-hybridized carbons (Fsp3) is 1.00. The van der Waals surface area contributed by atoms with Crippen LogP contribution in [0.1, 0.15) is 53.4 Å². The predicted octanol–water partition coefficient (Wildman–Crippen LogP) is 3.91. The van der Waals surface area contributed by atoms with E-state index in [2.05, 4.69) is 40.3 Å². The van der Waals surface area contributed by atoms with Crippen molar-refractivity contribution in [1.29, 1.82) is 0 Å². The molecule has 0 N–H and O–H groups in total. The van der Waals surface area contributed by atoms with Gasteiger partial charge in [-0.25, -0.2) is 0 Å². The molecule has 0 aromatic carbocycles. The van der Waals surface area contributed by atoms with Gasteiger partial charge in [0.2, 0.25) is 0 Å².